The van der Waals surface area contributed by atoms with E-state index in [1.54, 1.807) is 19.2 Å². The number of hydrogen-bond donors (Lipinski definition) is 1. The Bertz CT molecular complexity index is 435. The number of alkyl halides is 2. The minimum Gasteiger partial charge on any atom is -0.355 e. The van der Waals surface area contributed by atoms with Gasteiger partial charge in [0, 0.05) is 19.3 Å². The number of aryl methyl sites for hydroxylation is 1. The molecule has 0 aliphatic carbocycles. The van der Waals surface area contributed by atoms with Crippen molar-refractivity contribution in [2.24, 2.45) is 5.92 Å². The molecule has 18 heavy (non-hydrogen) atoms. The van der Waals surface area contributed by atoms with Gasteiger partial charge < -0.3 is 10.2 Å². The third-order valence-corrected chi connectivity index (χ3v) is 2.77. The van der Waals surface area contributed by atoms with E-state index >= 15 is 0 Å². The van der Waals surface area contributed by atoms with Crippen LogP contribution in [0.5, 0.6) is 0 Å². The van der Waals surface area contributed by atoms with Gasteiger partial charge in [0.05, 0.1) is 12.5 Å². The lowest BCUT2D eigenvalue weighted by Gasteiger charge is -2.39. The maximum absolute atomic E-state index is 11.9. The van der Waals surface area contributed by atoms with Crippen molar-refractivity contribution in [2.75, 3.05) is 24.5 Å². The quantitative estimate of drug-likeness (QED) is 0.857. The van der Waals surface area contributed by atoms with E-state index in [4.69, 9.17) is 0 Å². The van der Waals surface area contributed by atoms with Gasteiger partial charge in [0.15, 0.2) is 0 Å². The SMILES string of the molecule is Cc1nccc(N2CC(C(=O)NCC(F)F)C2)n1. The zero-order valence-corrected chi connectivity index (χ0v) is 9.94. The van der Waals surface area contributed by atoms with Gasteiger partial charge in [-0.3, -0.25) is 4.79 Å². The van der Waals surface area contributed by atoms with Gasteiger partial charge in [-0.15, -0.1) is 0 Å². The number of anilines is 1. The lowest BCUT2D eigenvalue weighted by Crippen LogP contribution is -2.54. The summed E-state index contributed by atoms with van der Waals surface area (Å²) in [5, 5.41) is 2.22. The van der Waals surface area contributed by atoms with E-state index in [1.165, 1.54) is 0 Å². The molecule has 1 aliphatic rings. The maximum Gasteiger partial charge on any atom is 0.255 e. The topological polar surface area (TPSA) is 58.1 Å². The van der Waals surface area contributed by atoms with Crippen LogP contribution in [-0.4, -0.2) is 41.9 Å². The Morgan fingerprint density at radius 1 is 1.61 bits per heavy atom. The molecule has 0 saturated carbocycles. The Morgan fingerprint density at radius 3 is 2.94 bits per heavy atom. The van der Waals surface area contributed by atoms with Gasteiger partial charge in [-0.1, -0.05) is 0 Å². The Hall–Kier alpha value is -1.79. The van der Waals surface area contributed by atoms with Crippen LogP contribution in [0.1, 0.15) is 5.82 Å². The summed E-state index contributed by atoms with van der Waals surface area (Å²) in [4.78, 5) is 21.6. The van der Waals surface area contributed by atoms with Crippen molar-refractivity contribution in [1.82, 2.24) is 15.3 Å². The molecule has 0 spiro atoms. The second-order valence-electron chi connectivity index (χ2n) is 4.20. The molecule has 5 nitrogen and oxygen atoms in total. The molecule has 1 N–H and O–H groups in total. The second kappa shape index (κ2) is 5.24. The summed E-state index contributed by atoms with van der Waals surface area (Å²) in [6.07, 6.45) is -0.850. The van der Waals surface area contributed by atoms with Crippen LogP contribution < -0.4 is 10.2 Å². The molecule has 98 valence electrons. The van der Waals surface area contributed by atoms with Gasteiger partial charge in [0.25, 0.3) is 6.43 Å². The molecule has 2 heterocycles. The third-order valence-electron chi connectivity index (χ3n) is 2.77. The highest BCUT2D eigenvalue weighted by Gasteiger charge is 2.33. The summed E-state index contributed by atoms with van der Waals surface area (Å²) in [6.45, 7) is 2.22. The van der Waals surface area contributed by atoms with Crippen molar-refractivity contribution in [1.29, 1.82) is 0 Å². The first-order valence-corrected chi connectivity index (χ1v) is 5.66. The van der Waals surface area contributed by atoms with E-state index in [-0.39, 0.29) is 11.8 Å². The van der Waals surface area contributed by atoms with E-state index in [9.17, 15) is 13.6 Å². The summed E-state index contributed by atoms with van der Waals surface area (Å²) in [7, 11) is 0. The van der Waals surface area contributed by atoms with Crippen LogP contribution in [0.2, 0.25) is 0 Å². The van der Waals surface area contributed by atoms with Gasteiger partial charge in [-0.05, 0) is 13.0 Å². The zero-order chi connectivity index (χ0) is 13.1. The van der Waals surface area contributed by atoms with Gasteiger partial charge in [-0.25, -0.2) is 18.7 Å². The molecular weight excluding hydrogens is 242 g/mol. The molecule has 0 aromatic carbocycles. The number of aromatic nitrogens is 2. The summed E-state index contributed by atoms with van der Waals surface area (Å²) in [5.74, 6) is 0.870. The molecule has 1 fully saturated rings. The molecular formula is C11H14F2N4O. The Labute approximate surface area is 103 Å². The molecule has 1 aliphatic heterocycles. The lowest BCUT2D eigenvalue weighted by molar-refractivity contribution is -0.126. The van der Waals surface area contributed by atoms with Gasteiger partial charge in [0.1, 0.15) is 11.6 Å². The summed E-state index contributed by atoms with van der Waals surface area (Å²) in [5.41, 5.74) is 0. The maximum atomic E-state index is 11.9. The second-order valence-corrected chi connectivity index (χ2v) is 4.20. The molecule has 7 heteroatoms. The molecule has 1 saturated heterocycles. The molecule has 0 radical (unpaired) electrons. The Kier molecular flexibility index (Phi) is 3.69. The highest BCUT2D eigenvalue weighted by molar-refractivity contribution is 5.81. The first-order valence-electron chi connectivity index (χ1n) is 5.66. The average Bonchev–Trinajstić information content (AvgIpc) is 2.24. The van der Waals surface area contributed by atoms with E-state index in [2.05, 4.69) is 15.3 Å². The fourth-order valence-corrected chi connectivity index (χ4v) is 1.77. The number of halogens is 2. The molecule has 1 amide bonds. The highest BCUT2D eigenvalue weighted by atomic mass is 19.3. The smallest absolute Gasteiger partial charge is 0.255 e. The predicted octanol–water partition coefficient (Wildman–Crippen LogP) is 0.603. The Balaban J connectivity index is 1.81. The van der Waals surface area contributed by atoms with Crippen molar-refractivity contribution in [2.45, 2.75) is 13.3 Å². The third kappa shape index (κ3) is 2.91. The van der Waals surface area contributed by atoms with Crippen LogP contribution in [-0.2, 0) is 4.79 Å². The van der Waals surface area contributed by atoms with Gasteiger partial charge >= 0.3 is 0 Å². The first-order chi connectivity index (χ1) is 8.56. The monoisotopic (exact) mass is 256 g/mol. The summed E-state index contributed by atoms with van der Waals surface area (Å²) >= 11 is 0. The van der Waals surface area contributed by atoms with Crippen molar-refractivity contribution in [3.63, 3.8) is 0 Å². The predicted molar refractivity (Wildman–Crippen MR) is 61.5 cm³/mol. The fraction of sp³-hybridized carbons (Fsp3) is 0.545. The van der Waals surface area contributed by atoms with E-state index in [0.29, 0.717) is 18.9 Å². The van der Waals surface area contributed by atoms with Crippen molar-refractivity contribution < 1.29 is 13.6 Å². The van der Waals surface area contributed by atoms with Crippen LogP contribution in [0.3, 0.4) is 0 Å². The van der Waals surface area contributed by atoms with Crippen LogP contribution in [0.15, 0.2) is 12.3 Å². The van der Waals surface area contributed by atoms with E-state index in [0.717, 1.165) is 5.82 Å². The standard InChI is InChI=1S/C11H14F2N4O/c1-7-14-3-2-10(16-7)17-5-8(6-17)11(18)15-4-9(12)13/h2-3,8-9H,4-6H2,1H3,(H,15,18). The highest BCUT2D eigenvalue weighted by Crippen LogP contribution is 2.22. The Morgan fingerprint density at radius 2 is 2.33 bits per heavy atom. The molecule has 1 aromatic heterocycles. The lowest BCUT2D eigenvalue weighted by atomic mass is 9.99. The molecule has 0 unspecified atom stereocenters. The molecule has 0 bridgehead atoms. The van der Waals surface area contributed by atoms with Gasteiger partial charge in [-0.2, -0.15) is 0 Å². The van der Waals surface area contributed by atoms with Crippen molar-refractivity contribution in [3.8, 4) is 0 Å². The largest absolute Gasteiger partial charge is 0.355 e. The van der Waals surface area contributed by atoms with Crippen LogP contribution >= 0.6 is 0 Å². The number of carbonyl (C=O) groups excluding carboxylic acids is 1. The number of carbonyl (C=O) groups is 1. The van der Waals surface area contributed by atoms with Crippen molar-refractivity contribution in [3.05, 3.63) is 18.1 Å². The normalized spacial score (nSPS) is 15.7. The minimum atomic E-state index is -2.50. The number of nitrogens with zero attached hydrogens (tertiary/aromatic N) is 3. The molecule has 0 atom stereocenters. The first kappa shape index (κ1) is 12.7. The number of amides is 1. The van der Waals surface area contributed by atoms with Crippen molar-refractivity contribution >= 4 is 11.7 Å². The zero-order valence-electron chi connectivity index (χ0n) is 9.94. The number of rotatable bonds is 4. The average molecular weight is 256 g/mol. The van der Waals surface area contributed by atoms with E-state index < -0.39 is 13.0 Å². The van der Waals surface area contributed by atoms with Crippen LogP contribution in [0.25, 0.3) is 0 Å². The van der Waals surface area contributed by atoms with Gasteiger partial charge in [0.2, 0.25) is 5.91 Å². The number of nitrogens with one attached hydrogen (secondary N) is 1. The number of hydrogen-bond acceptors (Lipinski definition) is 4. The van der Waals surface area contributed by atoms with Crippen LogP contribution in [0.4, 0.5) is 14.6 Å². The minimum absolute atomic E-state index is 0.237. The van der Waals surface area contributed by atoms with Crippen LogP contribution in [0, 0.1) is 12.8 Å². The summed E-state index contributed by atoms with van der Waals surface area (Å²) in [6, 6.07) is 1.76. The molecule has 1 aromatic rings. The summed E-state index contributed by atoms with van der Waals surface area (Å²) < 4.78 is 23.8. The molecule has 2 rings (SSSR count). The van der Waals surface area contributed by atoms with E-state index in [1.807, 2.05) is 4.90 Å². The fourth-order valence-electron chi connectivity index (χ4n) is 1.77.